The molecule has 1 aliphatic rings. The molecule has 1 saturated heterocycles. The maximum Gasteiger partial charge on any atom is 0.281 e. The zero-order valence-corrected chi connectivity index (χ0v) is 18.1. The smallest absolute Gasteiger partial charge is 0.281 e. The van der Waals surface area contributed by atoms with Crippen molar-refractivity contribution in [3.05, 3.63) is 39.1 Å². The van der Waals surface area contributed by atoms with Crippen molar-refractivity contribution in [3.63, 3.8) is 0 Å². The van der Waals surface area contributed by atoms with E-state index in [9.17, 15) is 18.9 Å². The first-order valence-corrected chi connectivity index (χ1v) is 10.6. The number of rotatable bonds is 12. The van der Waals surface area contributed by atoms with E-state index in [2.05, 4.69) is 34.7 Å². The Bertz CT molecular complexity index is 738. The van der Waals surface area contributed by atoms with Gasteiger partial charge in [-0.15, -0.1) is 11.8 Å². The molecule has 1 atom stereocenters. The molecule has 1 fully saturated rings. The van der Waals surface area contributed by atoms with E-state index in [1.807, 2.05) is 4.90 Å². The normalized spacial score (nSPS) is 18.4. The molecule has 10 heteroatoms. The van der Waals surface area contributed by atoms with Gasteiger partial charge in [-0.05, 0) is 58.5 Å². The lowest BCUT2D eigenvalue weighted by atomic mass is 9.96. The maximum absolute atomic E-state index is 13.3. The number of nitroso groups, excluding NO2 is 1. The van der Waals surface area contributed by atoms with Crippen molar-refractivity contribution in [2.45, 2.75) is 32.2 Å². The Morgan fingerprint density at radius 1 is 1.40 bits per heavy atom. The molecule has 0 aromatic heterocycles. The third-order valence-electron chi connectivity index (χ3n) is 4.85. The summed E-state index contributed by atoms with van der Waals surface area (Å²) in [5.74, 6) is 0.580. The monoisotopic (exact) mass is 439 g/mol. The molecule has 0 aromatic carbocycles. The van der Waals surface area contributed by atoms with Gasteiger partial charge in [0, 0.05) is 4.91 Å². The van der Waals surface area contributed by atoms with Crippen molar-refractivity contribution >= 4 is 25.2 Å². The van der Waals surface area contributed by atoms with Crippen LogP contribution in [0.1, 0.15) is 19.8 Å². The van der Waals surface area contributed by atoms with Crippen molar-refractivity contribution < 1.29 is 13.5 Å². The summed E-state index contributed by atoms with van der Waals surface area (Å²) >= 11 is 1.14. The first-order chi connectivity index (χ1) is 14.5. The molecule has 0 amide bonds. The summed E-state index contributed by atoms with van der Waals surface area (Å²) in [4.78, 5) is 20.4. The second-order valence-electron chi connectivity index (χ2n) is 6.52. The van der Waals surface area contributed by atoms with Crippen LogP contribution in [-0.4, -0.2) is 63.3 Å². The third kappa shape index (κ3) is 7.15. The number of halogens is 2. The van der Waals surface area contributed by atoms with E-state index in [1.165, 1.54) is 6.20 Å². The Labute approximate surface area is 180 Å². The van der Waals surface area contributed by atoms with Gasteiger partial charge in [-0.1, -0.05) is 11.3 Å². The van der Waals surface area contributed by atoms with E-state index < -0.39 is 18.2 Å². The molecule has 30 heavy (non-hydrogen) atoms. The fraction of sp³-hybridized carbons (Fsp3) is 0.550. The zero-order valence-electron chi connectivity index (χ0n) is 17.3. The predicted molar refractivity (Wildman–Crippen MR) is 118 cm³/mol. The summed E-state index contributed by atoms with van der Waals surface area (Å²) in [6, 6.07) is 1.50. The molecule has 0 saturated carbocycles. The van der Waals surface area contributed by atoms with Crippen LogP contribution in [0.3, 0.4) is 0 Å². The van der Waals surface area contributed by atoms with Gasteiger partial charge >= 0.3 is 0 Å². The standard InChI is InChI=1S/C20H27F2N5O2S/c1-5-15(10-23)17(12-24-2)29-13-14-6-8-27(9-7-14)16(11-26-28)19(30-4)18(25-3)20(21)22/h5,12,14,16,20H,2-3,6-9,11,13H2,1,4H3/b15-5-,17-12+,19-18-. The summed E-state index contributed by atoms with van der Waals surface area (Å²) in [7, 11) is 0. The molecule has 0 N–H and O–H groups in total. The van der Waals surface area contributed by atoms with Gasteiger partial charge in [-0.3, -0.25) is 14.9 Å². The number of allylic oxidation sites excluding steroid dienone is 3. The fourth-order valence-corrected chi connectivity index (χ4v) is 4.13. The number of thioether (sulfide) groups is 1. The second-order valence-corrected chi connectivity index (χ2v) is 7.37. The number of likely N-dealkylation sites (tertiary alicyclic amines) is 1. The van der Waals surface area contributed by atoms with Crippen molar-refractivity contribution in [1.82, 2.24) is 4.90 Å². The van der Waals surface area contributed by atoms with Crippen molar-refractivity contribution in [2.24, 2.45) is 21.1 Å². The minimum Gasteiger partial charge on any atom is -0.490 e. The van der Waals surface area contributed by atoms with Crippen LogP contribution in [0.25, 0.3) is 0 Å². The summed E-state index contributed by atoms with van der Waals surface area (Å²) < 4.78 is 32.4. The molecular formula is C20H27F2N5O2S. The lowest BCUT2D eigenvalue weighted by molar-refractivity contribution is 0.0973. The summed E-state index contributed by atoms with van der Waals surface area (Å²) in [6.45, 7) is 9.84. The zero-order chi connectivity index (χ0) is 22.5. The van der Waals surface area contributed by atoms with Gasteiger partial charge in [0.2, 0.25) is 0 Å². The highest BCUT2D eigenvalue weighted by molar-refractivity contribution is 8.02. The first-order valence-electron chi connectivity index (χ1n) is 9.38. The van der Waals surface area contributed by atoms with Gasteiger partial charge in [0.15, 0.2) is 5.76 Å². The average Bonchev–Trinajstić information content (AvgIpc) is 2.75. The summed E-state index contributed by atoms with van der Waals surface area (Å²) in [5, 5.41) is 12.1. The van der Waals surface area contributed by atoms with Crippen LogP contribution in [0.4, 0.5) is 8.78 Å². The number of ether oxygens (including phenoxy) is 1. The number of alkyl halides is 2. The molecule has 164 valence electrons. The minimum absolute atomic E-state index is 0.131. The quantitative estimate of drug-likeness (QED) is 0.148. The second kappa shape index (κ2) is 13.8. The van der Waals surface area contributed by atoms with Crippen LogP contribution in [0.5, 0.6) is 0 Å². The molecule has 0 aliphatic carbocycles. The number of nitriles is 1. The Hall–Kier alpha value is -2.38. The van der Waals surface area contributed by atoms with E-state index in [0.717, 1.165) is 24.6 Å². The number of hydrogen-bond acceptors (Lipinski definition) is 8. The van der Waals surface area contributed by atoms with Gasteiger partial charge in [-0.2, -0.15) is 10.2 Å². The highest BCUT2D eigenvalue weighted by atomic mass is 32.2. The van der Waals surface area contributed by atoms with Crippen molar-refractivity contribution in [3.8, 4) is 6.07 Å². The molecule has 0 aromatic rings. The van der Waals surface area contributed by atoms with Crippen molar-refractivity contribution in [2.75, 3.05) is 32.5 Å². The number of hydrogen-bond donors (Lipinski definition) is 0. The number of piperidine rings is 1. The first kappa shape index (κ1) is 25.7. The fourth-order valence-electron chi connectivity index (χ4n) is 3.27. The molecule has 1 heterocycles. The molecule has 1 aliphatic heterocycles. The largest absolute Gasteiger partial charge is 0.490 e. The van der Waals surface area contributed by atoms with E-state index in [0.29, 0.717) is 35.9 Å². The highest BCUT2D eigenvalue weighted by Crippen LogP contribution is 2.32. The van der Waals surface area contributed by atoms with Crippen LogP contribution in [0, 0.1) is 22.2 Å². The molecule has 0 spiro atoms. The molecular weight excluding hydrogens is 412 g/mol. The van der Waals surface area contributed by atoms with E-state index in [1.54, 1.807) is 19.3 Å². The molecule has 1 unspecified atom stereocenters. The lowest BCUT2D eigenvalue weighted by Gasteiger charge is -2.37. The third-order valence-corrected chi connectivity index (χ3v) is 5.77. The van der Waals surface area contributed by atoms with Gasteiger partial charge in [0.1, 0.15) is 18.3 Å². The Morgan fingerprint density at radius 2 is 2.07 bits per heavy atom. The van der Waals surface area contributed by atoms with Gasteiger partial charge in [0.25, 0.3) is 6.43 Å². The maximum atomic E-state index is 13.3. The molecule has 1 rings (SSSR count). The lowest BCUT2D eigenvalue weighted by Crippen LogP contribution is -2.44. The summed E-state index contributed by atoms with van der Waals surface area (Å²) in [6.07, 6.45) is 3.44. The van der Waals surface area contributed by atoms with Gasteiger partial charge in [-0.25, -0.2) is 8.78 Å². The highest BCUT2D eigenvalue weighted by Gasteiger charge is 2.31. The van der Waals surface area contributed by atoms with Crippen LogP contribution in [0.15, 0.2) is 49.4 Å². The molecule has 0 bridgehead atoms. The SMILES string of the molecule is C=N/C=C(OCC1CCN(C(CN=O)/C(SC)=C(/N=C)C(F)F)CC1)\C(C#N)=C/C. The Kier molecular flexibility index (Phi) is 11.8. The predicted octanol–water partition coefficient (Wildman–Crippen LogP) is 4.40. The van der Waals surface area contributed by atoms with E-state index in [-0.39, 0.29) is 12.5 Å². The van der Waals surface area contributed by atoms with Crippen LogP contribution in [-0.2, 0) is 4.74 Å². The summed E-state index contributed by atoms with van der Waals surface area (Å²) in [5.41, 5.74) is -0.0214. The Morgan fingerprint density at radius 3 is 2.50 bits per heavy atom. The number of aliphatic imine (C=N–C) groups is 2. The van der Waals surface area contributed by atoms with E-state index >= 15 is 0 Å². The van der Waals surface area contributed by atoms with Crippen molar-refractivity contribution in [1.29, 1.82) is 5.26 Å². The topological polar surface area (TPSA) is 90.4 Å². The van der Waals surface area contributed by atoms with Gasteiger partial charge < -0.3 is 4.74 Å². The van der Waals surface area contributed by atoms with Crippen LogP contribution in [0.2, 0.25) is 0 Å². The molecule has 0 radical (unpaired) electrons. The van der Waals surface area contributed by atoms with E-state index in [4.69, 9.17) is 4.74 Å². The van der Waals surface area contributed by atoms with Crippen LogP contribution < -0.4 is 0 Å². The average molecular weight is 440 g/mol. The Balaban J connectivity index is 2.84. The number of nitrogens with zero attached hydrogens (tertiary/aromatic N) is 5. The molecule has 7 nitrogen and oxygen atoms in total. The minimum atomic E-state index is -2.77. The van der Waals surface area contributed by atoms with Gasteiger partial charge in [0.05, 0.1) is 24.4 Å². The van der Waals surface area contributed by atoms with Crippen LogP contribution >= 0.6 is 11.8 Å².